The van der Waals surface area contributed by atoms with Crippen LogP contribution < -0.4 is 4.72 Å². The lowest BCUT2D eigenvalue weighted by Gasteiger charge is -2.11. The number of nitrogens with zero attached hydrogens (tertiary/aromatic N) is 1. The highest BCUT2D eigenvalue weighted by Crippen LogP contribution is 2.17. The Hall–Kier alpha value is -3.02. The molecule has 8 heteroatoms. The Bertz CT molecular complexity index is 1030. The summed E-state index contributed by atoms with van der Waals surface area (Å²) in [5.41, 5.74) is 3.43. The van der Waals surface area contributed by atoms with Gasteiger partial charge in [0.15, 0.2) is 6.61 Å². The number of esters is 1. The number of Topliss-reactive ketones (excluding diaryl/α,β-unsaturated/α-hetero) is 1. The van der Waals surface area contributed by atoms with E-state index >= 15 is 0 Å². The highest BCUT2D eigenvalue weighted by Gasteiger charge is 2.18. The molecule has 0 aromatic heterocycles. The Balaban J connectivity index is 1.94. The molecule has 2 rings (SSSR count). The molecule has 0 bridgehead atoms. The minimum Gasteiger partial charge on any atom is -0.456 e. The van der Waals surface area contributed by atoms with Crippen molar-refractivity contribution in [3.8, 4) is 6.07 Å². The molecule has 0 saturated heterocycles. The van der Waals surface area contributed by atoms with Crippen LogP contribution in [-0.2, 0) is 19.6 Å². The zero-order valence-electron chi connectivity index (χ0n) is 15.8. The molecule has 0 atom stereocenters. The molecule has 1 N–H and O–H groups in total. The number of aryl methyl sites for hydroxylation is 3. The lowest BCUT2D eigenvalue weighted by atomic mass is 9.97. The van der Waals surface area contributed by atoms with Crippen molar-refractivity contribution in [1.29, 1.82) is 5.26 Å². The van der Waals surface area contributed by atoms with E-state index in [1.165, 1.54) is 24.3 Å². The zero-order valence-corrected chi connectivity index (χ0v) is 16.6. The van der Waals surface area contributed by atoms with Crippen molar-refractivity contribution in [3.63, 3.8) is 0 Å². The normalized spacial score (nSPS) is 10.9. The minimum atomic E-state index is -3.93. The fourth-order valence-corrected chi connectivity index (χ4v) is 3.80. The molecule has 0 spiro atoms. The van der Waals surface area contributed by atoms with Crippen LogP contribution in [-0.4, -0.2) is 33.3 Å². The molecule has 2 aromatic carbocycles. The molecular formula is C20H20N2O5S. The fourth-order valence-electron chi connectivity index (χ4n) is 2.83. The first-order valence-electron chi connectivity index (χ1n) is 8.40. The van der Waals surface area contributed by atoms with Crippen molar-refractivity contribution in [2.24, 2.45) is 0 Å². The van der Waals surface area contributed by atoms with E-state index in [0.717, 1.165) is 16.7 Å². The van der Waals surface area contributed by atoms with Gasteiger partial charge in [-0.05, 0) is 56.2 Å². The van der Waals surface area contributed by atoms with Crippen LogP contribution in [0.25, 0.3) is 0 Å². The zero-order chi connectivity index (χ0) is 20.9. The number of nitriles is 1. The van der Waals surface area contributed by atoms with Crippen LogP contribution in [0.4, 0.5) is 0 Å². The number of ketones is 1. The van der Waals surface area contributed by atoms with Crippen LogP contribution in [0.5, 0.6) is 0 Å². The number of benzene rings is 2. The molecule has 0 radical (unpaired) electrons. The summed E-state index contributed by atoms with van der Waals surface area (Å²) in [5, 5.41) is 8.74. The number of rotatable bonds is 7. The van der Waals surface area contributed by atoms with Gasteiger partial charge in [-0.25, -0.2) is 8.42 Å². The van der Waals surface area contributed by atoms with E-state index in [1.807, 2.05) is 25.1 Å². The minimum absolute atomic E-state index is 0.0821. The van der Waals surface area contributed by atoms with Gasteiger partial charge in [0.1, 0.15) is 6.54 Å². The summed E-state index contributed by atoms with van der Waals surface area (Å²) >= 11 is 0. The van der Waals surface area contributed by atoms with Gasteiger partial charge in [-0.3, -0.25) is 9.59 Å². The van der Waals surface area contributed by atoms with Gasteiger partial charge in [-0.2, -0.15) is 9.98 Å². The fraction of sp³-hybridized carbons (Fsp3) is 0.250. The molecule has 0 heterocycles. The molecule has 2 aromatic rings. The van der Waals surface area contributed by atoms with Gasteiger partial charge in [0.2, 0.25) is 15.8 Å². The van der Waals surface area contributed by atoms with E-state index in [0.29, 0.717) is 11.1 Å². The highest BCUT2D eigenvalue weighted by molar-refractivity contribution is 7.89. The van der Waals surface area contributed by atoms with E-state index in [9.17, 15) is 18.0 Å². The van der Waals surface area contributed by atoms with Crippen LogP contribution in [0, 0.1) is 32.1 Å². The summed E-state index contributed by atoms with van der Waals surface area (Å²) < 4.78 is 31.3. The van der Waals surface area contributed by atoms with Gasteiger partial charge in [-0.1, -0.05) is 17.7 Å². The van der Waals surface area contributed by atoms with Gasteiger partial charge >= 0.3 is 5.97 Å². The van der Waals surface area contributed by atoms with Crippen LogP contribution in [0.15, 0.2) is 41.3 Å². The van der Waals surface area contributed by atoms with E-state index < -0.39 is 29.1 Å². The van der Waals surface area contributed by atoms with Crippen molar-refractivity contribution in [2.45, 2.75) is 25.7 Å². The molecule has 146 valence electrons. The molecule has 0 saturated carbocycles. The highest BCUT2D eigenvalue weighted by atomic mass is 32.2. The molecule has 0 aliphatic rings. The maximum absolute atomic E-state index is 12.3. The van der Waals surface area contributed by atoms with E-state index in [1.54, 1.807) is 13.8 Å². The monoisotopic (exact) mass is 400 g/mol. The number of hydrogen-bond acceptors (Lipinski definition) is 6. The molecule has 0 amide bonds. The summed E-state index contributed by atoms with van der Waals surface area (Å²) in [6, 6.07) is 10.9. The molecule has 0 fully saturated rings. The number of carbonyl (C=O) groups is 2. The third kappa shape index (κ3) is 5.25. The molecule has 0 unspecified atom stereocenters. The van der Waals surface area contributed by atoms with Crippen molar-refractivity contribution >= 4 is 21.8 Å². The first-order chi connectivity index (χ1) is 13.1. The Morgan fingerprint density at radius 2 is 1.64 bits per heavy atom. The Labute approximate surface area is 164 Å². The van der Waals surface area contributed by atoms with E-state index in [4.69, 9.17) is 10.00 Å². The SMILES string of the molecule is Cc1cc(C)c(C(=O)COC(=O)CNS(=O)(=O)c2ccc(C#N)cc2)c(C)c1. The molecule has 7 nitrogen and oxygen atoms in total. The number of hydrogen-bond donors (Lipinski definition) is 1. The summed E-state index contributed by atoms with van der Waals surface area (Å²) in [4.78, 5) is 24.1. The van der Waals surface area contributed by atoms with Gasteiger partial charge in [0.05, 0.1) is 16.5 Å². The second kappa shape index (κ2) is 8.78. The second-order valence-corrected chi connectivity index (χ2v) is 8.09. The molecule has 0 aliphatic heterocycles. The van der Waals surface area contributed by atoms with Gasteiger partial charge in [0, 0.05) is 5.56 Å². The van der Waals surface area contributed by atoms with Gasteiger partial charge < -0.3 is 4.74 Å². The number of nitrogens with one attached hydrogen (secondary N) is 1. The average molecular weight is 400 g/mol. The van der Waals surface area contributed by atoms with Crippen molar-refractivity contribution < 1.29 is 22.7 Å². The van der Waals surface area contributed by atoms with E-state index in [2.05, 4.69) is 4.72 Å². The summed E-state index contributed by atoms with van der Waals surface area (Å²) in [5.74, 6) is -1.22. The predicted octanol–water partition coefficient (Wildman–Crippen LogP) is 2.19. The number of carbonyl (C=O) groups excluding carboxylic acids is 2. The van der Waals surface area contributed by atoms with Crippen LogP contribution in [0.3, 0.4) is 0 Å². The lowest BCUT2D eigenvalue weighted by molar-refractivity contribution is -0.141. The first-order valence-corrected chi connectivity index (χ1v) is 9.89. The first kappa shape index (κ1) is 21.3. The predicted molar refractivity (Wildman–Crippen MR) is 102 cm³/mol. The number of sulfonamides is 1. The van der Waals surface area contributed by atoms with Crippen molar-refractivity contribution in [3.05, 3.63) is 64.2 Å². The van der Waals surface area contributed by atoms with Crippen molar-refractivity contribution in [2.75, 3.05) is 13.2 Å². The number of ether oxygens (including phenoxy) is 1. The largest absolute Gasteiger partial charge is 0.456 e. The second-order valence-electron chi connectivity index (χ2n) is 6.32. The van der Waals surface area contributed by atoms with Crippen LogP contribution in [0.2, 0.25) is 0 Å². The lowest BCUT2D eigenvalue weighted by Crippen LogP contribution is -2.31. The Morgan fingerprint density at radius 3 is 2.18 bits per heavy atom. The quantitative estimate of drug-likeness (QED) is 0.563. The average Bonchev–Trinajstić information content (AvgIpc) is 2.64. The third-order valence-electron chi connectivity index (χ3n) is 4.02. The summed E-state index contributed by atoms with van der Waals surface area (Å²) in [7, 11) is -3.93. The van der Waals surface area contributed by atoms with Gasteiger partial charge in [-0.15, -0.1) is 0 Å². The topological polar surface area (TPSA) is 113 Å². The van der Waals surface area contributed by atoms with Crippen molar-refractivity contribution in [1.82, 2.24) is 4.72 Å². The molecule has 0 aliphatic carbocycles. The van der Waals surface area contributed by atoms with Gasteiger partial charge in [0.25, 0.3) is 0 Å². The third-order valence-corrected chi connectivity index (χ3v) is 5.44. The summed E-state index contributed by atoms with van der Waals surface area (Å²) in [6.07, 6.45) is 0. The molecule has 28 heavy (non-hydrogen) atoms. The van der Waals surface area contributed by atoms with Crippen LogP contribution >= 0.6 is 0 Å². The Morgan fingerprint density at radius 1 is 1.07 bits per heavy atom. The van der Waals surface area contributed by atoms with Crippen LogP contribution in [0.1, 0.15) is 32.6 Å². The summed E-state index contributed by atoms with van der Waals surface area (Å²) in [6.45, 7) is 4.46. The Kier molecular flexibility index (Phi) is 6.67. The maximum Gasteiger partial charge on any atom is 0.321 e. The maximum atomic E-state index is 12.3. The smallest absolute Gasteiger partial charge is 0.321 e. The van der Waals surface area contributed by atoms with E-state index in [-0.39, 0.29) is 10.7 Å². The standard InChI is InChI=1S/C20H20N2O5S/c1-13-8-14(2)20(15(3)9-13)18(23)12-27-19(24)11-22-28(25,26)17-6-4-16(10-21)5-7-17/h4-9,22H,11-12H2,1-3H3. The molecular weight excluding hydrogens is 380 g/mol.